The van der Waals surface area contributed by atoms with Crippen molar-refractivity contribution in [1.29, 1.82) is 0 Å². The van der Waals surface area contributed by atoms with Crippen molar-refractivity contribution in [3.63, 3.8) is 0 Å². The molecule has 4 rings (SSSR count). The number of nitrogens with zero attached hydrogens (tertiary/aromatic N) is 3. The summed E-state index contributed by atoms with van der Waals surface area (Å²) in [6.07, 6.45) is 0. The van der Waals surface area contributed by atoms with E-state index < -0.39 is 0 Å². The molecule has 3 aromatic rings. The van der Waals surface area contributed by atoms with Gasteiger partial charge >= 0.3 is 0 Å². The van der Waals surface area contributed by atoms with Crippen LogP contribution < -0.4 is 10.9 Å². The van der Waals surface area contributed by atoms with E-state index >= 15 is 0 Å². The number of carbonyl (C=O) groups is 1. The summed E-state index contributed by atoms with van der Waals surface area (Å²) in [6, 6.07) is 13.0. The lowest BCUT2D eigenvalue weighted by Crippen LogP contribution is -2.49. The van der Waals surface area contributed by atoms with Gasteiger partial charge in [0, 0.05) is 31.9 Å². The lowest BCUT2D eigenvalue weighted by atomic mass is 10.2. The standard InChI is InChI=1S/C22H24FN5O2/c1-15(21-25-19-5-3-2-4-18(19)22(30)26-21)28-12-10-27(11-13-28)14-20(29)24-17-8-6-16(23)7-9-17/h2-9,15H,10-14H2,1H3,(H,24,29)(H,25,26,30). The highest BCUT2D eigenvalue weighted by atomic mass is 19.1. The molecule has 8 heteroatoms. The van der Waals surface area contributed by atoms with Gasteiger partial charge in [-0.15, -0.1) is 0 Å². The van der Waals surface area contributed by atoms with Gasteiger partial charge in [0.1, 0.15) is 11.6 Å². The lowest BCUT2D eigenvalue weighted by Gasteiger charge is -2.37. The van der Waals surface area contributed by atoms with E-state index in [0.717, 1.165) is 26.2 Å². The van der Waals surface area contributed by atoms with Crippen molar-refractivity contribution in [3.8, 4) is 0 Å². The Morgan fingerprint density at radius 1 is 1.13 bits per heavy atom. The molecule has 0 bridgehead atoms. The first kappa shape index (κ1) is 20.2. The molecule has 1 saturated heterocycles. The quantitative estimate of drug-likeness (QED) is 0.676. The Hall–Kier alpha value is -3.10. The first-order valence-corrected chi connectivity index (χ1v) is 10.0. The predicted octanol–water partition coefficient (Wildman–Crippen LogP) is 2.38. The van der Waals surface area contributed by atoms with E-state index in [9.17, 15) is 14.0 Å². The van der Waals surface area contributed by atoms with Crippen molar-refractivity contribution in [1.82, 2.24) is 19.8 Å². The molecule has 1 unspecified atom stereocenters. The summed E-state index contributed by atoms with van der Waals surface area (Å²) in [5, 5.41) is 3.38. The fourth-order valence-electron chi connectivity index (χ4n) is 3.72. The van der Waals surface area contributed by atoms with E-state index in [4.69, 9.17) is 0 Å². The zero-order valence-corrected chi connectivity index (χ0v) is 16.8. The third-order valence-corrected chi connectivity index (χ3v) is 5.48. The van der Waals surface area contributed by atoms with E-state index in [1.807, 2.05) is 25.1 Å². The fourth-order valence-corrected chi connectivity index (χ4v) is 3.72. The Bertz CT molecular complexity index is 1090. The Morgan fingerprint density at radius 2 is 1.83 bits per heavy atom. The minimum Gasteiger partial charge on any atom is -0.325 e. The van der Waals surface area contributed by atoms with Gasteiger partial charge < -0.3 is 10.3 Å². The summed E-state index contributed by atoms with van der Waals surface area (Å²) in [5.41, 5.74) is 1.15. The van der Waals surface area contributed by atoms with Gasteiger partial charge in [-0.2, -0.15) is 0 Å². The van der Waals surface area contributed by atoms with Gasteiger partial charge in [-0.3, -0.25) is 19.4 Å². The number of aromatic nitrogens is 2. The number of benzene rings is 2. The number of H-pyrrole nitrogens is 1. The smallest absolute Gasteiger partial charge is 0.258 e. The summed E-state index contributed by atoms with van der Waals surface area (Å²) in [6.45, 7) is 5.32. The molecule has 156 valence electrons. The number of fused-ring (bicyclic) bond motifs is 1. The zero-order chi connectivity index (χ0) is 21.1. The van der Waals surface area contributed by atoms with Crippen LogP contribution in [0.1, 0.15) is 18.8 Å². The number of para-hydroxylation sites is 1. The molecule has 1 aromatic heterocycles. The van der Waals surface area contributed by atoms with Gasteiger partial charge in [-0.25, -0.2) is 9.37 Å². The van der Waals surface area contributed by atoms with Crippen LogP contribution in [0.3, 0.4) is 0 Å². The van der Waals surface area contributed by atoms with E-state index in [-0.39, 0.29) is 29.9 Å². The van der Waals surface area contributed by atoms with Crippen LogP contribution in [0.2, 0.25) is 0 Å². The molecular weight excluding hydrogens is 385 g/mol. The minimum absolute atomic E-state index is 0.0301. The maximum absolute atomic E-state index is 13.0. The first-order chi connectivity index (χ1) is 14.5. The van der Waals surface area contributed by atoms with Gasteiger partial charge in [0.2, 0.25) is 5.91 Å². The number of rotatable bonds is 5. The Labute approximate surface area is 173 Å². The number of nitrogens with one attached hydrogen (secondary N) is 2. The monoisotopic (exact) mass is 409 g/mol. The number of hydrogen-bond acceptors (Lipinski definition) is 5. The molecule has 0 saturated carbocycles. The summed E-state index contributed by atoms with van der Waals surface area (Å²) >= 11 is 0. The molecule has 7 nitrogen and oxygen atoms in total. The highest BCUT2D eigenvalue weighted by molar-refractivity contribution is 5.92. The second kappa shape index (κ2) is 8.73. The van der Waals surface area contributed by atoms with E-state index in [1.54, 1.807) is 18.2 Å². The number of piperazine rings is 1. The van der Waals surface area contributed by atoms with Gasteiger partial charge in [0.25, 0.3) is 5.56 Å². The molecule has 0 aliphatic carbocycles. The van der Waals surface area contributed by atoms with Crippen LogP contribution in [-0.4, -0.2) is 58.4 Å². The molecule has 1 aliphatic heterocycles. The van der Waals surface area contributed by atoms with Gasteiger partial charge in [-0.05, 0) is 43.3 Å². The Balaban J connectivity index is 1.33. The molecule has 1 fully saturated rings. The van der Waals surface area contributed by atoms with E-state index in [1.165, 1.54) is 12.1 Å². The van der Waals surface area contributed by atoms with Crippen LogP contribution in [0.4, 0.5) is 10.1 Å². The van der Waals surface area contributed by atoms with Crippen molar-refractivity contribution < 1.29 is 9.18 Å². The zero-order valence-electron chi connectivity index (χ0n) is 16.8. The van der Waals surface area contributed by atoms with Crippen molar-refractivity contribution in [2.75, 3.05) is 38.0 Å². The molecule has 30 heavy (non-hydrogen) atoms. The van der Waals surface area contributed by atoms with Crippen LogP contribution in [-0.2, 0) is 4.79 Å². The fraction of sp³-hybridized carbons (Fsp3) is 0.318. The lowest BCUT2D eigenvalue weighted by molar-refractivity contribution is -0.117. The summed E-state index contributed by atoms with van der Waals surface area (Å²) in [5.74, 6) is 0.199. The number of hydrogen-bond donors (Lipinski definition) is 2. The maximum Gasteiger partial charge on any atom is 0.258 e. The van der Waals surface area contributed by atoms with Gasteiger partial charge in [0.05, 0.1) is 23.5 Å². The molecule has 2 N–H and O–H groups in total. The SMILES string of the molecule is CC(c1nc2ccccc2c(=O)[nH]1)N1CCN(CC(=O)Nc2ccc(F)cc2)CC1. The van der Waals surface area contributed by atoms with Crippen molar-refractivity contribution in [2.45, 2.75) is 13.0 Å². The highest BCUT2D eigenvalue weighted by Crippen LogP contribution is 2.19. The van der Waals surface area contributed by atoms with Gasteiger partial charge in [0.15, 0.2) is 0 Å². The largest absolute Gasteiger partial charge is 0.325 e. The Kier molecular flexibility index (Phi) is 5.87. The third kappa shape index (κ3) is 4.55. The van der Waals surface area contributed by atoms with Crippen molar-refractivity contribution in [2.24, 2.45) is 0 Å². The van der Waals surface area contributed by atoms with E-state index in [0.29, 0.717) is 22.4 Å². The molecule has 1 amide bonds. The number of amides is 1. The topological polar surface area (TPSA) is 81.3 Å². The number of anilines is 1. The van der Waals surface area contributed by atoms with Crippen LogP contribution >= 0.6 is 0 Å². The number of aromatic amines is 1. The third-order valence-electron chi connectivity index (χ3n) is 5.48. The second-order valence-electron chi connectivity index (χ2n) is 7.51. The summed E-state index contributed by atoms with van der Waals surface area (Å²) < 4.78 is 13.0. The molecule has 1 aliphatic rings. The molecule has 0 radical (unpaired) electrons. The molecule has 1 atom stereocenters. The van der Waals surface area contributed by atoms with Crippen LogP contribution in [0.15, 0.2) is 53.3 Å². The van der Waals surface area contributed by atoms with Crippen LogP contribution in [0, 0.1) is 5.82 Å². The second-order valence-corrected chi connectivity index (χ2v) is 7.51. The molecule has 0 spiro atoms. The van der Waals surface area contributed by atoms with Crippen LogP contribution in [0.5, 0.6) is 0 Å². The predicted molar refractivity (Wildman–Crippen MR) is 114 cm³/mol. The van der Waals surface area contributed by atoms with Gasteiger partial charge in [-0.1, -0.05) is 12.1 Å². The Morgan fingerprint density at radius 3 is 2.57 bits per heavy atom. The molecule has 2 heterocycles. The van der Waals surface area contributed by atoms with Crippen molar-refractivity contribution in [3.05, 3.63) is 70.5 Å². The van der Waals surface area contributed by atoms with Crippen LogP contribution in [0.25, 0.3) is 10.9 Å². The number of halogens is 1. The maximum atomic E-state index is 13.0. The summed E-state index contributed by atoms with van der Waals surface area (Å²) in [4.78, 5) is 36.5. The molecular formula is C22H24FN5O2. The van der Waals surface area contributed by atoms with E-state index in [2.05, 4.69) is 25.1 Å². The summed E-state index contributed by atoms with van der Waals surface area (Å²) in [7, 11) is 0. The number of carbonyl (C=O) groups excluding carboxylic acids is 1. The highest BCUT2D eigenvalue weighted by Gasteiger charge is 2.24. The first-order valence-electron chi connectivity index (χ1n) is 10.0. The minimum atomic E-state index is -0.333. The normalized spacial score (nSPS) is 16.5. The molecule has 2 aromatic carbocycles. The van der Waals surface area contributed by atoms with Crippen molar-refractivity contribution >= 4 is 22.5 Å². The average molecular weight is 409 g/mol. The average Bonchev–Trinajstić information content (AvgIpc) is 2.75.